The van der Waals surface area contributed by atoms with E-state index in [1.165, 1.54) is 22.3 Å². The number of nitrogens with zero attached hydrogens (tertiary/aromatic N) is 1. The van der Waals surface area contributed by atoms with Crippen molar-refractivity contribution in [3.05, 3.63) is 77.4 Å². The molecule has 1 heterocycles. The van der Waals surface area contributed by atoms with Gasteiger partial charge in [0.05, 0.1) is 6.54 Å². The lowest BCUT2D eigenvalue weighted by atomic mass is 9.90. The fourth-order valence-electron chi connectivity index (χ4n) is 3.34. The van der Waals surface area contributed by atoms with E-state index < -0.39 is 0 Å². The van der Waals surface area contributed by atoms with Gasteiger partial charge in [-0.25, -0.2) is 0 Å². The highest BCUT2D eigenvalue weighted by atomic mass is 16.2. The summed E-state index contributed by atoms with van der Waals surface area (Å²) in [6.07, 6.45) is 3.51. The summed E-state index contributed by atoms with van der Waals surface area (Å²) in [5, 5.41) is 2.43. The van der Waals surface area contributed by atoms with Crippen LogP contribution in [0.5, 0.6) is 0 Å². The number of benzene rings is 2. The average molecular weight is 348 g/mol. The molecule has 1 atom stereocenters. The smallest absolute Gasteiger partial charge is 0.242 e. The Labute approximate surface area is 154 Å². The van der Waals surface area contributed by atoms with E-state index >= 15 is 0 Å². The molecule has 2 aromatic rings. The summed E-state index contributed by atoms with van der Waals surface area (Å²) in [6, 6.07) is 19.2. The van der Waals surface area contributed by atoms with Crippen LogP contribution < -0.4 is 5.32 Å². The summed E-state index contributed by atoms with van der Waals surface area (Å²) in [6.45, 7) is 3.57. The molecule has 2 amide bonds. The minimum absolute atomic E-state index is 0.0427. The summed E-state index contributed by atoms with van der Waals surface area (Å²) >= 11 is 0. The first kappa shape index (κ1) is 17.9. The van der Waals surface area contributed by atoms with E-state index in [4.69, 9.17) is 0 Å². The highest BCUT2D eigenvalue weighted by Crippen LogP contribution is 2.28. The van der Waals surface area contributed by atoms with Crippen LogP contribution in [0, 0.1) is 0 Å². The lowest BCUT2D eigenvalue weighted by Crippen LogP contribution is -2.40. The number of nitrogens with one attached hydrogen (secondary N) is 1. The SMILES string of the molecule is CC(c1ccccc1)c1cccc(C2=CCN(C(=O)CNC=O)CC2)c1. The average Bonchev–Trinajstić information content (AvgIpc) is 2.72. The van der Waals surface area contributed by atoms with Gasteiger partial charge < -0.3 is 10.2 Å². The van der Waals surface area contributed by atoms with E-state index in [0.29, 0.717) is 25.4 Å². The minimum atomic E-state index is -0.0427. The van der Waals surface area contributed by atoms with Gasteiger partial charge in [0.25, 0.3) is 0 Å². The fraction of sp³-hybridized carbons (Fsp3) is 0.273. The van der Waals surface area contributed by atoms with Crippen molar-refractivity contribution in [3.63, 3.8) is 0 Å². The zero-order valence-corrected chi connectivity index (χ0v) is 15.0. The molecule has 0 saturated heterocycles. The topological polar surface area (TPSA) is 49.4 Å². The minimum Gasteiger partial charge on any atom is -0.350 e. The molecule has 1 aliphatic rings. The predicted molar refractivity (Wildman–Crippen MR) is 104 cm³/mol. The van der Waals surface area contributed by atoms with Crippen LogP contribution >= 0.6 is 0 Å². The first-order valence-corrected chi connectivity index (χ1v) is 8.98. The second-order valence-corrected chi connectivity index (χ2v) is 6.58. The van der Waals surface area contributed by atoms with Gasteiger partial charge in [0.2, 0.25) is 12.3 Å². The number of rotatable bonds is 6. The number of amides is 2. The predicted octanol–water partition coefficient (Wildman–Crippen LogP) is 3.20. The van der Waals surface area contributed by atoms with Crippen LogP contribution in [0.4, 0.5) is 0 Å². The second-order valence-electron chi connectivity index (χ2n) is 6.58. The number of carbonyl (C=O) groups excluding carboxylic acids is 2. The Balaban J connectivity index is 1.72. The van der Waals surface area contributed by atoms with Gasteiger partial charge in [-0.3, -0.25) is 9.59 Å². The molecule has 0 saturated carbocycles. The standard InChI is InChI=1S/C22H24N2O2/c1-17(18-6-3-2-4-7-18)20-8-5-9-21(14-20)19-10-12-24(13-11-19)22(26)15-23-16-25/h2-10,14,16-17H,11-13,15H2,1H3,(H,23,25). The zero-order chi connectivity index (χ0) is 18.4. The maximum Gasteiger partial charge on any atom is 0.242 e. The fourth-order valence-corrected chi connectivity index (χ4v) is 3.34. The van der Waals surface area contributed by atoms with Gasteiger partial charge in [-0.05, 0) is 28.7 Å². The maximum absolute atomic E-state index is 12.0. The molecule has 134 valence electrons. The Morgan fingerprint density at radius 1 is 1.15 bits per heavy atom. The summed E-state index contributed by atoms with van der Waals surface area (Å²) in [4.78, 5) is 24.1. The molecule has 1 aliphatic heterocycles. The van der Waals surface area contributed by atoms with E-state index in [-0.39, 0.29) is 12.5 Å². The third-order valence-corrected chi connectivity index (χ3v) is 4.96. The molecule has 1 N–H and O–H groups in total. The zero-order valence-electron chi connectivity index (χ0n) is 15.0. The Morgan fingerprint density at radius 3 is 2.62 bits per heavy atom. The Morgan fingerprint density at radius 2 is 1.92 bits per heavy atom. The molecule has 0 fully saturated rings. The summed E-state index contributed by atoms with van der Waals surface area (Å²) < 4.78 is 0. The van der Waals surface area contributed by atoms with E-state index in [1.54, 1.807) is 4.90 Å². The third-order valence-electron chi connectivity index (χ3n) is 4.96. The van der Waals surface area contributed by atoms with Gasteiger partial charge in [0.15, 0.2) is 0 Å². The van der Waals surface area contributed by atoms with Crippen molar-refractivity contribution in [3.8, 4) is 0 Å². The molecule has 2 aromatic carbocycles. The Hall–Kier alpha value is -2.88. The van der Waals surface area contributed by atoms with E-state index in [1.807, 2.05) is 6.07 Å². The van der Waals surface area contributed by atoms with Crippen molar-refractivity contribution >= 4 is 17.9 Å². The molecule has 26 heavy (non-hydrogen) atoms. The number of hydrogen-bond donors (Lipinski definition) is 1. The summed E-state index contributed by atoms with van der Waals surface area (Å²) in [5.41, 5.74) is 5.10. The van der Waals surface area contributed by atoms with Gasteiger partial charge in [-0.2, -0.15) is 0 Å². The third kappa shape index (κ3) is 4.20. The number of carbonyl (C=O) groups is 2. The van der Waals surface area contributed by atoms with Gasteiger partial charge in [-0.1, -0.05) is 67.6 Å². The van der Waals surface area contributed by atoms with Gasteiger partial charge in [0, 0.05) is 19.0 Å². The summed E-state index contributed by atoms with van der Waals surface area (Å²) in [7, 11) is 0. The molecule has 0 spiro atoms. The summed E-state index contributed by atoms with van der Waals surface area (Å²) in [5.74, 6) is 0.298. The largest absolute Gasteiger partial charge is 0.350 e. The molecular weight excluding hydrogens is 324 g/mol. The quantitative estimate of drug-likeness (QED) is 0.815. The first-order valence-electron chi connectivity index (χ1n) is 8.98. The molecule has 4 heteroatoms. The van der Waals surface area contributed by atoms with Gasteiger partial charge in [0.1, 0.15) is 0 Å². The van der Waals surface area contributed by atoms with Gasteiger partial charge in [-0.15, -0.1) is 0 Å². The molecule has 0 bridgehead atoms. The van der Waals surface area contributed by atoms with Gasteiger partial charge >= 0.3 is 0 Å². The van der Waals surface area contributed by atoms with E-state index in [0.717, 1.165) is 6.42 Å². The number of hydrogen-bond acceptors (Lipinski definition) is 2. The molecule has 0 radical (unpaired) electrons. The van der Waals surface area contributed by atoms with Crippen molar-refractivity contribution in [1.29, 1.82) is 0 Å². The first-order chi connectivity index (χ1) is 12.7. The normalized spacial score (nSPS) is 15.1. The molecule has 1 unspecified atom stereocenters. The monoisotopic (exact) mass is 348 g/mol. The van der Waals surface area contributed by atoms with Crippen LogP contribution in [0.1, 0.15) is 36.0 Å². The maximum atomic E-state index is 12.0. The molecular formula is C22H24N2O2. The molecule has 0 aromatic heterocycles. The van der Waals surface area contributed by atoms with E-state index in [2.05, 4.69) is 66.8 Å². The van der Waals surface area contributed by atoms with Crippen molar-refractivity contribution in [2.24, 2.45) is 0 Å². The molecule has 4 nitrogen and oxygen atoms in total. The second kappa shape index (κ2) is 8.48. The van der Waals surface area contributed by atoms with Crippen molar-refractivity contribution in [1.82, 2.24) is 10.2 Å². The van der Waals surface area contributed by atoms with Crippen molar-refractivity contribution < 1.29 is 9.59 Å². The highest BCUT2D eigenvalue weighted by molar-refractivity contribution is 5.81. The van der Waals surface area contributed by atoms with Crippen LogP contribution in [-0.2, 0) is 9.59 Å². The Bertz CT molecular complexity index is 799. The van der Waals surface area contributed by atoms with Crippen LogP contribution in [-0.4, -0.2) is 36.9 Å². The lowest BCUT2D eigenvalue weighted by Gasteiger charge is -2.27. The van der Waals surface area contributed by atoms with Crippen LogP contribution in [0.2, 0.25) is 0 Å². The van der Waals surface area contributed by atoms with Crippen LogP contribution in [0.15, 0.2) is 60.7 Å². The molecule has 0 aliphatic carbocycles. The van der Waals surface area contributed by atoms with Crippen LogP contribution in [0.25, 0.3) is 5.57 Å². The molecule has 3 rings (SSSR count). The van der Waals surface area contributed by atoms with E-state index in [9.17, 15) is 9.59 Å². The van der Waals surface area contributed by atoms with Crippen LogP contribution in [0.3, 0.4) is 0 Å². The Kier molecular flexibility index (Phi) is 5.84. The van der Waals surface area contributed by atoms with Crippen molar-refractivity contribution in [2.75, 3.05) is 19.6 Å². The highest BCUT2D eigenvalue weighted by Gasteiger charge is 2.18. The van der Waals surface area contributed by atoms with Crippen molar-refractivity contribution in [2.45, 2.75) is 19.3 Å². The lowest BCUT2D eigenvalue weighted by molar-refractivity contribution is -0.130.